The number of hydrogen-bond donors (Lipinski definition) is 0. The largest absolute Gasteiger partial charge is 0.0851 e. The fourth-order valence-electron chi connectivity index (χ4n) is 2.84. The van der Waals surface area contributed by atoms with Crippen molar-refractivity contribution in [1.29, 1.82) is 0 Å². The van der Waals surface area contributed by atoms with E-state index in [2.05, 4.69) is 54.6 Å². The number of hydrogen-bond acceptors (Lipinski definition) is 0. The maximum Gasteiger partial charge on any atom is -0.0161 e. The van der Waals surface area contributed by atoms with E-state index in [1.165, 1.54) is 18.4 Å². The average molecular weight is 196 g/mol. The van der Waals surface area contributed by atoms with E-state index in [9.17, 15) is 0 Å². The quantitative estimate of drug-likeness (QED) is 0.629. The Kier molecular flexibility index (Phi) is 2.21. The van der Waals surface area contributed by atoms with Crippen LogP contribution in [0.3, 0.4) is 0 Å². The molecule has 76 valence electrons. The summed E-state index contributed by atoms with van der Waals surface area (Å²) in [7, 11) is 0. The molecule has 0 aliphatic heterocycles. The van der Waals surface area contributed by atoms with Crippen LogP contribution in [0.15, 0.2) is 48.6 Å². The first-order valence-corrected chi connectivity index (χ1v) is 5.83. The lowest BCUT2D eigenvalue weighted by atomic mass is 9.93. The molecule has 0 N–H and O–H groups in total. The van der Waals surface area contributed by atoms with Gasteiger partial charge in [0.2, 0.25) is 0 Å². The predicted octanol–water partition coefficient (Wildman–Crippen LogP) is 3.91. The minimum Gasteiger partial charge on any atom is -0.0851 e. The van der Waals surface area contributed by atoms with Gasteiger partial charge in [0.15, 0.2) is 0 Å². The second-order valence-corrected chi connectivity index (χ2v) is 4.71. The summed E-state index contributed by atoms with van der Waals surface area (Å²) in [5.41, 5.74) is 1.32. The van der Waals surface area contributed by atoms with Crippen LogP contribution < -0.4 is 0 Å². The van der Waals surface area contributed by atoms with Crippen molar-refractivity contribution in [2.45, 2.75) is 12.8 Å². The van der Waals surface area contributed by atoms with Crippen molar-refractivity contribution in [1.82, 2.24) is 0 Å². The van der Waals surface area contributed by atoms with Crippen LogP contribution in [-0.4, -0.2) is 0 Å². The number of rotatable bonds is 2. The fourth-order valence-corrected chi connectivity index (χ4v) is 2.84. The van der Waals surface area contributed by atoms with Gasteiger partial charge in [0.05, 0.1) is 0 Å². The summed E-state index contributed by atoms with van der Waals surface area (Å²) < 4.78 is 0. The molecule has 2 bridgehead atoms. The molecule has 1 saturated carbocycles. The molecule has 0 heterocycles. The van der Waals surface area contributed by atoms with E-state index < -0.39 is 0 Å². The molecular formula is C15H16. The molecule has 0 amide bonds. The van der Waals surface area contributed by atoms with Crippen LogP contribution in [0.25, 0.3) is 6.08 Å². The van der Waals surface area contributed by atoms with Gasteiger partial charge in [-0.2, -0.15) is 0 Å². The van der Waals surface area contributed by atoms with Crippen LogP contribution in [0.4, 0.5) is 0 Å². The molecule has 0 spiro atoms. The first kappa shape index (κ1) is 8.96. The molecule has 0 heteroatoms. The molecule has 3 rings (SSSR count). The van der Waals surface area contributed by atoms with E-state index in [0.717, 1.165) is 17.8 Å². The third-order valence-electron chi connectivity index (χ3n) is 3.67. The van der Waals surface area contributed by atoms with Crippen molar-refractivity contribution in [2.75, 3.05) is 0 Å². The second kappa shape index (κ2) is 3.69. The van der Waals surface area contributed by atoms with Crippen LogP contribution in [-0.2, 0) is 0 Å². The van der Waals surface area contributed by atoms with Crippen molar-refractivity contribution < 1.29 is 0 Å². The molecular weight excluding hydrogens is 180 g/mol. The normalized spacial score (nSPS) is 32.9. The molecule has 1 unspecified atom stereocenters. The van der Waals surface area contributed by atoms with E-state index in [0.29, 0.717) is 0 Å². The molecule has 2 aliphatic rings. The lowest BCUT2D eigenvalue weighted by Gasteiger charge is -2.12. The van der Waals surface area contributed by atoms with E-state index >= 15 is 0 Å². The van der Waals surface area contributed by atoms with Crippen molar-refractivity contribution in [3.05, 3.63) is 54.1 Å². The average Bonchev–Trinajstić information content (AvgIpc) is 2.89. The third-order valence-corrected chi connectivity index (χ3v) is 3.67. The van der Waals surface area contributed by atoms with Gasteiger partial charge in [-0.15, -0.1) is 0 Å². The lowest BCUT2D eigenvalue weighted by Crippen LogP contribution is -2.02. The van der Waals surface area contributed by atoms with Crippen LogP contribution in [0.1, 0.15) is 18.4 Å². The fraction of sp³-hybridized carbons (Fsp3) is 0.333. The molecule has 15 heavy (non-hydrogen) atoms. The zero-order chi connectivity index (χ0) is 10.1. The summed E-state index contributed by atoms with van der Waals surface area (Å²) in [6.07, 6.45) is 12.3. The maximum atomic E-state index is 2.41. The maximum absolute atomic E-state index is 2.41. The van der Waals surface area contributed by atoms with Gasteiger partial charge in [0.25, 0.3) is 0 Å². The van der Waals surface area contributed by atoms with Gasteiger partial charge >= 0.3 is 0 Å². The summed E-state index contributed by atoms with van der Waals surface area (Å²) in [5.74, 6) is 2.50. The minimum atomic E-state index is 0.792. The third kappa shape index (κ3) is 1.77. The molecule has 1 aromatic carbocycles. The molecule has 0 nitrogen and oxygen atoms in total. The highest BCUT2D eigenvalue weighted by atomic mass is 14.4. The van der Waals surface area contributed by atoms with Crippen LogP contribution in [0, 0.1) is 17.8 Å². The van der Waals surface area contributed by atoms with Gasteiger partial charge in [-0.25, -0.2) is 0 Å². The molecule has 0 saturated heterocycles. The molecule has 0 radical (unpaired) electrons. The Hall–Kier alpha value is -1.30. The van der Waals surface area contributed by atoms with Crippen LogP contribution in [0.5, 0.6) is 0 Å². The highest BCUT2D eigenvalue weighted by Gasteiger charge is 2.33. The Morgan fingerprint density at radius 1 is 1.00 bits per heavy atom. The monoisotopic (exact) mass is 196 g/mol. The van der Waals surface area contributed by atoms with Gasteiger partial charge in [0.1, 0.15) is 0 Å². The molecule has 1 aromatic rings. The summed E-state index contributed by atoms with van der Waals surface area (Å²) in [6.45, 7) is 0. The van der Waals surface area contributed by atoms with E-state index in [1.54, 1.807) is 0 Å². The Morgan fingerprint density at radius 3 is 2.53 bits per heavy atom. The van der Waals surface area contributed by atoms with Crippen molar-refractivity contribution in [2.24, 2.45) is 17.8 Å². The highest BCUT2D eigenvalue weighted by Crippen LogP contribution is 2.44. The first-order valence-electron chi connectivity index (χ1n) is 5.83. The van der Waals surface area contributed by atoms with Gasteiger partial charge in [-0.05, 0) is 36.2 Å². The number of fused-ring (bicyclic) bond motifs is 2. The van der Waals surface area contributed by atoms with Crippen molar-refractivity contribution >= 4 is 6.08 Å². The smallest absolute Gasteiger partial charge is 0.0161 e. The Labute approximate surface area is 91.3 Å². The summed E-state index contributed by atoms with van der Waals surface area (Å²) >= 11 is 0. The van der Waals surface area contributed by atoms with E-state index in [4.69, 9.17) is 0 Å². The molecule has 1 fully saturated rings. The van der Waals surface area contributed by atoms with Crippen molar-refractivity contribution in [3.63, 3.8) is 0 Å². The standard InChI is InChI=1S/C15H16/c1-2-4-12(5-3-1)6-8-14-10-13-7-9-15(14)11-13/h1-9,13-15H,10-11H2/b8-6+/t13-,14?,15-/m0/s1. The topological polar surface area (TPSA) is 0 Å². The van der Waals surface area contributed by atoms with Crippen LogP contribution in [0.2, 0.25) is 0 Å². The highest BCUT2D eigenvalue weighted by molar-refractivity contribution is 5.49. The Bertz CT molecular complexity index is 386. The van der Waals surface area contributed by atoms with Crippen molar-refractivity contribution in [3.8, 4) is 0 Å². The summed E-state index contributed by atoms with van der Waals surface area (Å²) in [5, 5.41) is 0. The zero-order valence-corrected chi connectivity index (χ0v) is 8.84. The minimum absolute atomic E-state index is 0.792. The molecule has 3 atom stereocenters. The Morgan fingerprint density at radius 2 is 1.87 bits per heavy atom. The van der Waals surface area contributed by atoms with Crippen LogP contribution >= 0.6 is 0 Å². The van der Waals surface area contributed by atoms with Gasteiger partial charge in [-0.1, -0.05) is 54.6 Å². The van der Waals surface area contributed by atoms with Gasteiger partial charge in [0, 0.05) is 0 Å². The van der Waals surface area contributed by atoms with Gasteiger partial charge in [-0.3, -0.25) is 0 Å². The van der Waals surface area contributed by atoms with Gasteiger partial charge < -0.3 is 0 Å². The first-order chi connectivity index (χ1) is 7.42. The zero-order valence-electron chi connectivity index (χ0n) is 8.84. The second-order valence-electron chi connectivity index (χ2n) is 4.71. The molecule has 2 aliphatic carbocycles. The SMILES string of the molecule is C1=C[C@H]2C[C@@H]1CC2/C=C/c1ccccc1. The number of benzene rings is 1. The summed E-state index contributed by atoms with van der Waals surface area (Å²) in [6, 6.07) is 10.6. The number of allylic oxidation sites excluding steroid dienone is 3. The van der Waals surface area contributed by atoms with E-state index in [-0.39, 0.29) is 0 Å². The molecule has 0 aromatic heterocycles. The van der Waals surface area contributed by atoms with E-state index in [1.807, 2.05) is 0 Å². The predicted molar refractivity (Wildman–Crippen MR) is 64.3 cm³/mol. The Balaban J connectivity index is 1.71. The lowest BCUT2D eigenvalue weighted by molar-refractivity contribution is 0.552. The summed E-state index contributed by atoms with van der Waals surface area (Å²) in [4.78, 5) is 0.